The lowest BCUT2D eigenvalue weighted by Crippen LogP contribution is -2.37. The summed E-state index contributed by atoms with van der Waals surface area (Å²) in [7, 11) is 0. The van der Waals surface area contributed by atoms with Crippen molar-refractivity contribution in [1.29, 1.82) is 0 Å². The first-order chi connectivity index (χ1) is 10.3. The molecule has 1 saturated heterocycles. The highest BCUT2D eigenvalue weighted by Gasteiger charge is 2.51. The number of rotatable bonds is 1. The summed E-state index contributed by atoms with van der Waals surface area (Å²) in [6.07, 6.45) is 3.86. The molecule has 22 heavy (non-hydrogen) atoms. The van der Waals surface area contributed by atoms with Gasteiger partial charge in [-0.25, -0.2) is 0 Å². The second-order valence-corrected chi connectivity index (χ2v) is 6.97. The van der Waals surface area contributed by atoms with Gasteiger partial charge in [-0.15, -0.1) is 0 Å². The van der Waals surface area contributed by atoms with Crippen molar-refractivity contribution >= 4 is 17.7 Å². The van der Waals surface area contributed by atoms with Gasteiger partial charge in [0.25, 0.3) is 0 Å². The van der Waals surface area contributed by atoms with E-state index in [0.717, 1.165) is 31.3 Å². The molecular formula is C17H22O5. The molecule has 3 aliphatic rings. The van der Waals surface area contributed by atoms with Crippen molar-refractivity contribution in [2.45, 2.75) is 58.7 Å². The Morgan fingerprint density at radius 1 is 1.36 bits per heavy atom. The summed E-state index contributed by atoms with van der Waals surface area (Å²) in [6, 6.07) is 0. The van der Waals surface area contributed by atoms with Gasteiger partial charge in [-0.2, -0.15) is 0 Å². The molecule has 2 fully saturated rings. The van der Waals surface area contributed by atoms with Crippen LogP contribution in [0.4, 0.5) is 0 Å². The molecular weight excluding hydrogens is 284 g/mol. The van der Waals surface area contributed by atoms with Gasteiger partial charge in [-0.3, -0.25) is 14.4 Å². The first kappa shape index (κ1) is 15.3. The quantitative estimate of drug-likeness (QED) is 0.695. The van der Waals surface area contributed by atoms with Crippen LogP contribution >= 0.6 is 0 Å². The Bertz CT molecular complexity index is 563. The summed E-state index contributed by atoms with van der Waals surface area (Å²) in [5, 5.41) is 0. The van der Waals surface area contributed by atoms with E-state index in [4.69, 9.17) is 9.47 Å². The highest BCUT2D eigenvalue weighted by Crippen LogP contribution is 2.51. The molecule has 0 aromatic heterocycles. The van der Waals surface area contributed by atoms with Gasteiger partial charge < -0.3 is 9.47 Å². The lowest BCUT2D eigenvalue weighted by atomic mass is 9.71. The molecule has 0 unspecified atom stereocenters. The van der Waals surface area contributed by atoms with Crippen molar-refractivity contribution in [3.63, 3.8) is 0 Å². The van der Waals surface area contributed by atoms with Gasteiger partial charge in [-0.1, -0.05) is 19.4 Å². The Balaban J connectivity index is 1.92. The molecule has 0 aromatic rings. The van der Waals surface area contributed by atoms with Crippen LogP contribution in [0.2, 0.25) is 0 Å². The molecule has 3 rings (SSSR count). The lowest BCUT2D eigenvalue weighted by molar-refractivity contribution is -0.151. The number of esters is 2. The van der Waals surface area contributed by atoms with Crippen LogP contribution in [0.5, 0.6) is 0 Å². The minimum Gasteiger partial charge on any atom is -0.462 e. The number of hydrogen-bond donors (Lipinski definition) is 0. The summed E-state index contributed by atoms with van der Waals surface area (Å²) in [5.41, 5.74) is 0.718. The van der Waals surface area contributed by atoms with Crippen molar-refractivity contribution in [2.75, 3.05) is 0 Å². The standard InChI is InChI=1S/C17H22O5/c1-9-12-6-7-17(3)11(4-5-14(17)21-10(2)18)8-13(19)15(12)22-16(9)20/h8-9,12,14-15H,4-7H2,1-3H3/t9-,12-,14-,15-,17+/m0/s1. The van der Waals surface area contributed by atoms with Gasteiger partial charge in [0.05, 0.1) is 5.92 Å². The summed E-state index contributed by atoms with van der Waals surface area (Å²) < 4.78 is 10.8. The normalized spacial score (nSPS) is 41.0. The molecule has 0 aromatic carbocycles. The molecule has 2 aliphatic carbocycles. The van der Waals surface area contributed by atoms with E-state index >= 15 is 0 Å². The summed E-state index contributed by atoms with van der Waals surface area (Å²) in [6.45, 7) is 5.31. The largest absolute Gasteiger partial charge is 0.462 e. The van der Waals surface area contributed by atoms with E-state index in [1.165, 1.54) is 6.92 Å². The number of carbonyl (C=O) groups is 3. The third-order valence-corrected chi connectivity index (χ3v) is 5.67. The van der Waals surface area contributed by atoms with Crippen molar-refractivity contribution in [1.82, 2.24) is 0 Å². The van der Waals surface area contributed by atoms with Gasteiger partial charge >= 0.3 is 11.9 Å². The third-order valence-electron chi connectivity index (χ3n) is 5.67. The topological polar surface area (TPSA) is 69.7 Å². The lowest BCUT2D eigenvalue weighted by Gasteiger charge is -2.35. The van der Waals surface area contributed by atoms with Crippen LogP contribution in [0.25, 0.3) is 0 Å². The van der Waals surface area contributed by atoms with E-state index in [1.54, 1.807) is 6.08 Å². The number of ketones is 1. The van der Waals surface area contributed by atoms with Crippen LogP contribution < -0.4 is 0 Å². The fourth-order valence-corrected chi connectivity index (χ4v) is 4.19. The summed E-state index contributed by atoms with van der Waals surface area (Å²) >= 11 is 0. The molecule has 0 N–H and O–H groups in total. The molecule has 5 atom stereocenters. The molecule has 1 saturated carbocycles. The fourth-order valence-electron chi connectivity index (χ4n) is 4.19. The van der Waals surface area contributed by atoms with Gasteiger partial charge in [-0.05, 0) is 31.8 Å². The Labute approximate surface area is 130 Å². The highest BCUT2D eigenvalue weighted by atomic mass is 16.6. The first-order valence-electron chi connectivity index (χ1n) is 7.95. The molecule has 1 heterocycles. The zero-order valence-electron chi connectivity index (χ0n) is 13.3. The van der Waals surface area contributed by atoms with E-state index in [0.29, 0.717) is 0 Å². The van der Waals surface area contributed by atoms with Crippen molar-refractivity contribution in [3.8, 4) is 0 Å². The van der Waals surface area contributed by atoms with Crippen LogP contribution in [-0.4, -0.2) is 29.9 Å². The molecule has 0 spiro atoms. The Morgan fingerprint density at radius 3 is 2.77 bits per heavy atom. The number of fused-ring (bicyclic) bond motifs is 2. The SMILES string of the molecule is CC(=O)O[C@H]1CCC2=CC(=O)[C@H]3OC(=O)[C@@H](C)[C@@H]3CC[C@]21C. The van der Waals surface area contributed by atoms with Crippen molar-refractivity contribution in [3.05, 3.63) is 11.6 Å². The van der Waals surface area contributed by atoms with Gasteiger partial charge in [0, 0.05) is 18.3 Å². The average molecular weight is 306 g/mol. The molecule has 120 valence electrons. The maximum atomic E-state index is 12.5. The smallest absolute Gasteiger partial charge is 0.309 e. The fraction of sp³-hybridized carbons (Fsp3) is 0.706. The number of ether oxygens (including phenoxy) is 2. The Morgan fingerprint density at radius 2 is 2.09 bits per heavy atom. The average Bonchev–Trinajstić information content (AvgIpc) is 2.88. The van der Waals surface area contributed by atoms with Crippen molar-refractivity contribution in [2.24, 2.45) is 17.3 Å². The van der Waals surface area contributed by atoms with E-state index in [9.17, 15) is 14.4 Å². The predicted octanol–water partition coefficient (Wildman–Crippen LogP) is 2.19. The molecule has 0 amide bonds. The van der Waals surface area contributed by atoms with Crippen LogP contribution in [-0.2, 0) is 23.9 Å². The van der Waals surface area contributed by atoms with E-state index in [-0.39, 0.29) is 41.1 Å². The van der Waals surface area contributed by atoms with E-state index < -0.39 is 6.10 Å². The zero-order chi connectivity index (χ0) is 16.1. The summed E-state index contributed by atoms with van der Waals surface area (Å²) in [4.78, 5) is 35.6. The van der Waals surface area contributed by atoms with Gasteiger partial charge in [0.15, 0.2) is 11.9 Å². The minimum absolute atomic E-state index is 0.0757. The van der Waals surface area contributed by atoms with Crippen LogP contribution in [0.3, 0.4) is 0 Å². The minimum atomic E-state index is -0.632. The highest BCUT2D eigenvalue weighted by molar-refractivity contribution is 5.98. The maximum Gasteiger partial charge on any atom is 0.309 e. The number of carbonyl (C=O) groups excluding carboxylic acids is 3. The van der Waals surface area contributed by atoms with Gasteiger partial charge in [0.1, 0.15) is 6.10 Å². The first-order valence-corrected chi connectivity index (χ1v) is 7.95. The van der Waals surface area contributed by atoms with Crippen molar-refractivity contribution < 1.29 is 23.9 Å². The maximum absolute atomic E-state index is 12.5. The van der Waals surface area contributed by atoms with Crippen LogP contribution in [0.15, 0.2) is 11.6 Å². The Hall–Kier alpha value is -1.65. The van der Waals surface area contributed by atoms with E-state index in [2.05, 4.69) is 6.92 Å². The monoisotopic (exact) mass is 306 g/mol. The zero-order valence-corrected chi connectivity index (χ0v) is 13.3. The van der Waals surface area contributed by atoms with E-state index in [1.807, 2.05) is 6.92 Å². The third kappa shape index (κ3) is 2.27. The second-order valence-electron chi connectivity index (χ2n) is 6.97. The molecule has 5 nitrogen and oxygen atoms in total. The van der Waals surface area contributed by atoms with Crippen LogP contribution in [0, 0.1) is 17.3 Å². The molecule has 5 heteroatoms. The van der Waals surface area contributed by atoms with Gasteiger partial charge in [0.2, 0.25) is 0 Å². The summed E-state index contributed by atoms with van der Waals surface area (Å²) in [5.74, 6) is -1.01. The molecule has 0 radical (unpaired) electrons. The number of hydrogen-bond acceptors (Lipinski definition) is 5. The van der Waals surface area contributed by atoms with Crippen LogP contribution in [0.1, 0.15) is 46.5 Å². The predicted molar refractivity (Wildman–Crippen MR) is 77.8 cm³/mol. The molecule has 1 aliphatic heterocycles. The Kier molecular flexibility index (Phi) is 3.62. The molecule has 0 bridgehead atoms. The second kappa shape index (κ2) is 5.21.